The smallest absolute Gasteiger partial charge is 0.170 e. The highest BCUT2D eigenvalue weighted by Gasteiger charge is 1.95. The van der Waals surface area contributed by atoms with E-state index in [9.17, 15) is 0 Å². The Morgan fingerprint density at radius 2 is 1.69 bits per heavy atom. The minimum atomic E-state index is 0.144. The Hall–Kier alpha value is -1.51. The summed E-state index contributed by atoms with van der Waals surface area (Å²) in [6, 6.07) is 7.44. The van der Waals surface area contributed by atoms with Gasteiger partial charge in [-0.25, -0.2) is 0 Å². The van der Waals surface area contributed by atoms with Gasteiger partial charge >= 0.3 is 0 Å². The summed E-state index contributed by atoms with van der Waals surface area (Å²) in [6.45, 7) is 5.98. The van der Waals surface area contributed by atoms with Crippen molar-refractivity contribution in [3.8, 4) is 0 Å². The molecule has 0 radical (unpaired) electrons. The first-order valence-corrected chi connectivity index (χ1v) is 4.28. The summed E-state index contributed by atoms with van der Waals surface area (Å²) in [5.41, 5.74) is 7.23. The van der Waals surface area contributed by atoms with Gasteiger partial charge in [-0.05, 0) is 6.92 Å². The first-order chi connectivity index (χ1) is 6.24. The Balaban J connectivity index is 0.000000671. The zero-order valence-electron chi connectivity index (χ0n) is 8.28. The monoisotopic (exact) mass is 180 g/mol. The van der Waals surface area contributed by atoms with Crippen LogP contribution in [0, 0.1) is 6.92 Å². The fourth-order valence-corrected chi connectivity index (χ4v) is 0.782. The number of benzene rings is 1. The zero-order valence-corrected chi connectivity index (χ0v) is 8.28. The van der Waals surface area contributed by atoms with E-state index < -0.39 is 0 Å². The Morgan fingerprint density at radius 3 is 2.08 bits per heavy atom. The molecule has 0 saturated heterocycles. The van der Waals surface area contributed by atoms with Gasteiger partial charge in [0.1, 0.15) is 0 Å². The third kappa shape index (κ3) is 3.60. The van der Waals surface area contributed by atoms with Crippen LogP contribution in [-0.4, -0.2) is 11.0 Å². The van der Waals surface area contributed by atoms with Crippen LogP contribution in [0.2, 0.25) is 0 Å². The van der Waals surface area contributed by atoms with Crippen molar-refractivity contribution >= 4 is 5.84 Å². The van der Waals surface area contributed by atoms with Crippen molar-refractivity contribution in [3.63, 3.8) is 0 Å². The highest BCUT2D eigenvalue weighted by atomic mass is 16.4. The second-order valence-electron chi connectivity index (χ2n) is 2.35. The minimum Gasteiger partial charge on any atom is -0.409 e. The number of rotatable bonds is 1. The third-order valence-corrected chi connectivity index (χ3v) is 1.46. The van der Waals surface area contributed by atoms with Crippen LogP contribution in [0.1, 0.15) is 25.0 Å². The molecule has 0 amide bonds. The van der Waals surface area contributed by atoms with Gasteiger partial charge < -0.3 is 10.9 Å². The summed E-state index contributed by atoms with van der Waals surface area (Å²) in [7, 11) is 0. The number of oxime groups is 1. The van der Waals surface area contributed by atoms with Crippen LogP contribution in [-0.2, 0) is 0 Å². The first-order valence-electron chi connectivity index (χ1n) is 4.28. The molecule has 0 heterocycles. The molecule has 0 spiro atoms. The maximum absolute atomic E-state index is 8.32. The molecule has 0 bridgehead atoms. The van der Waals surface area contributed by atoms with E-state index in [1.54, 1.807) is 0 Å². The van der Waals surface area contributed by atoms with Crippen molar-refractivity contribution in [2.45, 2.75) is 20.8 Å². The lowest BCUT2D eigenvalue weighted by Crippen LogP contribution is -2.12. The lowest BCUT2D eigenvalue weighted by Gasteiger charge is -1.97. The minimum absolute atomic E-state index is 0.144. The lowest BCUT2D eigenvalue weighted by molar-refractivity contribution is 0.318. The van der Waals surface area contributed by atoms with Crippen molar-refractivity contribution in [1.29, 1.82) is 0 Å². The van der Waals surface area contributed by atoms with Gasteiger partial charge in [-0.2, -0.15) is 0 Å². The van der Waals surface area contributed by atoms with Gasteiger partial charge in [0.25, 0.3) is 0 Å². The quantitative estimate of drug-likeness (QED) is 0.301. The molecule has 1 rings (SSSR count). The van der Waals surface area contributed by atoms with E-state index in [1.165, 1.54) is 0 Å². The molecule has 3 nitrogen and oxygen atoms in total. The average Bonchev–Trinajstić information content (AvgIpc) is 2.21. The largest absolute Gasteiger partial charge is 0.409 e. The number of amidine groups is 1. The van der Waals surface area contributed by atoms with Crippen molar-refractivity contribution in [2.75, 3.05) is 0 Å². The summed E-state index contributed by atoms with van der Waals surface area (Å²) in [5, 5.41) is 11.2. The van der Waals surface area contributed by atoms with Gasteiger partial charge in [0.2, 0.25) is 0 Å². The summed E-state index contributed by atoms with van der Waals surface area (Å²) < 4.78 is 0. The first kappa shape index (κ1) is 11.5. The van der Waals surface area contributed by atoms with Crippen LogP contribution in [0.4, 0.5) is 0 Å². The second-order valence-corrected chi connectivity index (χ2v) is 2.35. The maximum atomic E-state index is 8.32. The number of hydrogen-bond acceptors (Lipinski definition) is 2. The van der Waals surface area contributed by atoms with Crippen LogP contribution < -0.4 is 5.73 Å². The molecular weight excluding hydrogens is 164 g/mol. The van der Waals surface area contributed by atoms with Crippen LogP contribution in [0.3, 0.4) is 0 Å². The molecule has 72 valence electrons. The molecule has 1 aromatic carbocycles. The lowest BCUT2D eigenvalue weighted by atomic mass is 10.1. The molecule has 1 aromatic rings. The van der Waals surface area contributed by atoms with Gasteiger partial charge in [0, 0.05) is 5.56 Å². The predicted molar refractivity (Wildman–Crippen MR) is 55.0 cm³/mol. The Labute approximate surface area is 78.9 Å². The standard InChI is InChI=1S/C8H10N2O.C2H6/c1-6-2-4-7(5-3-6)8(9)10-11;1-2/h2-5,11H,1H3,(H2,9,10);1-2H3. The van der Waals surface area contributed by atoms with E-state index in [4.69, 9.17) is 10.9 Å². The molecule has 0 aromatic heterocycles. The molecule has 0 fully saturated rings. The van der Waals surface area contributed by atoms with Gasteiger partial charge in [0.15, 0.2) is 5.84 Å². The Kier molecular flexibility index (Phi) is 5.35. The third-order valence-electron chi connectivity index (χ3n) is 1.46. The van der Waals surface area contributed by atoms with Crippen molar-refractivity contribution in [3.05, 3.63) is 35.4 Å². The van der Waals surface area contributed by atoms with E-state index in [2.05, 4.69) is 5.16 Å². The highest BCUT2D eigenvalue weighted by Crippen LogP contribution is 2.01. The molecule has 3 N–H and O–H groups in total. The van der Waals surface area contributed by atoms with E-state index in [0.717, 1.165) is 11.1 Å². The molecule has 0 aliphatic heterocycles. The fraction of sp³-hybridized carbons (Fsp3) is 0.300. The van der Waals surface area contributed by atoms with Gasteiger partial charge in [0.05, 0.1) is 0 Å². The maximum Gasteiger partial charge on any atom is 0.170 e. The SMILES string of the molecule is CC.Cc1ccc(/C(N)=N/O)cc1. The van der Waals surface area contributed by atoms with Gasteiger partial charge in [-0.15, -0.1) is 0 Å². The van der Waals surface area contributed by atoms with Crippen molar-refractivity contribution in [2.24, 2.45) is 10.9 Å². The van der Waals surface area contributed by atoms with Crippen LogP contribution in [0.5, 0.6) is 0 Å². The zero-order chi connectivity index (χ0) is 10.3. The molecular formula is C10H16N2O. The summed E-state index contributed by atoms with van der Waals surface area (Å²) in [4.78, 5) is 0. The Morgan fingerprint density at radius 1 is 1.23 bits per heavy atom. The van der Waals surface area contributed by atoms with E-state index in [0.29, 0.717) is 0 Å². The molecule has 3 heteroatoms. The summed E-state index contributed by atoms with van der Waals surface area (Å²) in [5.74, 6) is 0.144. The van der Waals surface area contributed by atoms with Gasteiger partial charge in [-0.3, -0.25) is 0 Å². The van der Waals surface area contributed by atoms with Crippen LogP contribution in [0.15, 0.2) is 29.4 Å². The van der Waals surface area contributed by atoms with Gasteiger partial charge in [-0.1, -0.05) is 48.8 Å². The van der Waals surface area contributed by atoms with Crippen LogP contribution >= 0.6 is 0 Å². The highest BCUT2D eigenvalue weighted by molar-refractivity contribution is 5.96. The average molecular weight is 180 g/mol. The number of nitrogens with two attached hydrogens (primary N) is 1. The number of nitrogens with zero attached hydrogens (tertiary/aromatic N) is 1. The molecule has 0 aliphatic carbocycles. The van der Waals surface area contributed by atoms with E-state index in [1.807, 2.05) is 45.0 Å². The molecule has 0 unspecified atom stereocenters. The van der Waals surface area contributed by atoms with E-state index in [-0.39, 0.29) is 5.84 Å². The number of aryl methyl sites for hydroxylation is 1. The summed E-state index contributed by atoms with van der Waals surface area (Å²) >= 11 is 0. The molecule has 0 saturated carbocycles. The molecule has 0 atom stereocenters. The molecule has 13 heavy (non-hydrogen) atoms. The topological polar surface area (TPSA) is 58.6 Å². The van der Waals surface area contributed by atoms with E-state index >= 15 is 0 Å². The van der Waals surface area contributed by atoms with Crippen LogP contribution in [0.25, 0.3) is 0 Å². The van der Waals surface area contributed by atoms with Crippen molar-refractivity contribution in [1.82, 2.24) is 0 Å². The normalized spacial score (nSPS) is 10.2. The molecule has 0 aliphatic rings. The van der Waals surface area contributed by atoms with Crippen molar-refractivity contribution < 1.29 is 5.21 Å². The Bertz CT molecular complexity index is 265. The fourth-order valence-electron chi connectivity index (χ4n) is 0.782. The second kappa shape index (κ2) is 6.06. The predicted octanol–water partition coefficient (Wildman–Crippen LogP) is 2.12. The number of hydrogen-bond donors (Lipinski definition) is 2. The summed E-state index contributed by atoms with van der Waals surface area (Å²) in [6.07, 6.45) is 0.